The van der Waals surface area contributed by atoms with Gasteiger partial charge in [0, 0.05) is 25.9 Å². The summed E-state index contributed by atoms with van der Waals surface area (Å²) in [5, 5.41) is 2.70. The van der Waals surface area contributed by atoms with Crippen LogP contribution in [0.25, 0.3) is 0 Å². The van der Waals surface area contributed by atoms with Crippen molar-refractivity contribution < 1.29 is 42.9 Å². The maximum atomic E-state index is 13.8. The monoisotopic (exact) mass is 615 g/mol. The number of esters is 1. The van der Waals surface area contributed by atoms with Gasteiger partial charge in [0.2, 0.25) is 5.91 Å². The van der Waals surface area contributed by atoms with Gasteiger partial charge in [0.25, 0.3) is 0 Å². The van der Waals surface area contributed by atoms with Crippen LogP contribution in [0.1, 0.15) is 76.8 Å². The molecule has 0 radical (unpaired) electrons. The zero-order valence-electron chi connectivity index (χ0n) is 26.2. The zero-order chi connectivity index (χ0) is 31.9. The van der Waals surface area contributed by atoms with E-state index in [-0.39, 0.29) is 13.0 Å². The number of rotatable bonds is 10. The number of ether oxygens (including phenoxy) is 5. The summed E-state index contributed by atoms with van der Waals surface area (Å²) in [6, 6.07) is 1.92. The number of carbonyl (C=O) groups is 4. The van der Waals surface area contributed by atoms with Gasteiger partial charge in [-0.3, -0.25) is 9.69 Å². The molecular weight excluding hydrogens is 570 g/mol. The number of amides is 3. The van der Waals surface area contributed by atoms with Gasteiger partial charge >= 0.3 is 18.2 Å². The van der Waals surface area contributed by atoms with E-state index in [9.17, 15) is 19.2 Å². The predicted octanol–water partition coefficient (Wildman–Crippen LogP) is 4.47. The fourth-order valence-corrected chi connectivity index (χ4v) is 5.61. The van der Waals surface area contributed by atoms with Crippen molar-refractivity contribution in [2.24, 2.45) is 0 Å². The van der Waals surface area contributed by atoms with Crippen LogP contribution in [0.15, 0.2) is 24.8 Å². The first-order valence-electron chi connectivity index (χ1n) is 15.3. The van der Waals surface area contributed by atoms with Crippen molar-refractivity contribution in [1.29, 1.82) is 0 Å². The first-order chi connectivity index (χ1) is 21.0. The Morgan fingerprint density at radius 2 is 1.73 bits per heavy atom. The number of unbranched alkanes of at least 4 members (excludes halogenated alkanes) is 3. The quantitative estimate of drug-likeness (QED) is 0.175. The number of nitrogens with zero attached hydrogens (tertiary/aromatic N) is 2. The van der Waals surface area contributed by atoms with Crippen LogP contribution >= 0.6 is 0 Å². The van der Waals surface area contributed by atoms with Gasteiger partial charge < -0.3 is 33.9 Å². The number of fused-ring (bicyclic) bond motifs is 2. The van der Waals surface area contributed by atoms with Crippen LogP contribution in [0, 0.1) is 0 Å². The lowest BCUT2D eigenvalue weighted by Gasteiger charge is -2.29. The Balaban J connectivity index is 1.42. The molecule has 1 saturated heterocycles. The smallest absolute Gasteiger partial charge is 0.410 e. The van der Waals surface area contributed by atoms with E-state index in [1.165, 1.54) is 12.0 Å². The molecule has 3 atom stereocenters. The minimum atomic E-state index is -0.963. The third-order valence-electron chi connectivity index (χ3n) is 7.73. The third-order valence-corrected chi connectivity index (χ3v) is 7.73. The zero-order valence-corrected chi connectivity index (χ0v) is 26.2. The number of likely N-dealkylation sites (tertiary alicyclic amines) is 1. The predicted molar refractivity (Wildman–Crippen MR) is 160 cm³/mol. The van der Waals surface area contributed by atoms with Crippen molar-refractivity contribution in [3.8, 4) is 11.5 Å². The summed E-state index contributed by atoms with van der Waals surface area (Å²) in [6.07, 6.45) is 4.35. The van der Waals surface area contributed by atoms with Crippen LogP contribution in [0.2, 0.25) is 0 Å². The molecule has 1 aromatic rings. The lowest BCUT2D eigenvalue weighted by Crippen LogP contribution is -2.52. The fourth-order valence-electron chi connectivity index (χ4n) is 5.61. The number of hydrogen-bond donors (Lipinski definition) is 1. The summed E-state index contributed by atoms with van der Waals surface area (Å²) in [6.45, 7) is 10.8. The molecule has 3 amide bonds. The molecule has 1 N–H and O–H groups in total. The van der Waals surface area contributed by atoms with Crippen molar-refractivity contribution in [2.45, 2.75) is 103 Å². The Hall–Kier alpha value is -3.96. The summed E-state index contributed by atoms with van der Waals surface area (Å²) in [5.41, 5.74) is 1.15. The highest BCUT2D eigenvalue weighted by Gasteiger charge is 2.45. The van der Waals surface area contributed by atoms with Crippen molar-refractivity contribution in [3.05, 3.63) is 35.9 Å². The minimum absolute atomic E-state index is 0.00985. The van der Waals surface area contributed by atoms with Crippen molar-refractivity contribution >= 4 is 24.1 Å². The Morgan fingerprint density at radius 1 is 1.07 bits per heavy atom. The average Bonchev–Trinajstić information content (AvgIpc) is 3.51. The number of alkyl carbamates (subject to hydrolysis) is 1. The van der Waals surface area contributed by atoms with E-state index in [1.54, 1.807) is 25.7 Å². The van der Waals surface area contributed by atoms with Crippen LogP contribution in [0.4, 0.5) is 9.59 Å². The molecule has 1 aromatic carbocycles. The fraction of sp³-hybridized carbons (Fsp3) is 0.625. The Labute approximate surface area is 258 Å². The van der Waals surface area contributed by atoms with E-state index in [1.807, 2.05) is 18.2 Å². The van der Waals surface area contributed by atoms with Gasteiger partial charge in [-0.2, -0.15) is 0 Å². The van der Waals surface area contributed by atoms with E-state index >= 15 is 0 Å². The molecule has 0 aromatic heterocycles. The Bertz CT molecular complexity index is 1190. The van der Waals surface area contributed by atoms with Crippen LogP contribution in [-0.4, -0.2) is 84.5 Å². The number of hydrogen-bond acceptors (Lipinski definition) is 9. The largest absolute Gasteiger partial charge is 0.490 e. The molecular formula is C32H45N3O9. The van der Waals surface area contributed by atoms with E-state index in [4.69, 9.17) is 23.7 Å². The van der Waals surface area contributed by atoms with Crippen LogP contribution in [0.5, 0.6) is 11.5 Å². The molecule has 44 heavy (non-hydrogen) atoms. The van der Waals surface area contributed by atoms with E-state index in [2.05, 4.69) is 11.9 Å². The summed E-state index contributed by atoms with van der Waals surface area (Å²) < 4.78 is 27.8. The van der Waals surface area contributed by atoms with Gasteiger partial charge in [0.1, 0.15) is 23.8 Å². The van der Waals surface area contributed by atoms with E-state index in [0.717, 1.165) is 36.8 Å². The second-order valence-corrected chi connectivity index (χ2v) is 12.4. The van der Waals surface area contributed by atoms with E-state index < -0.39 is 47.9 Å². The highest BCUT2D eigenvalue weighted by Crippen LogP contribution is 2.37. The van der Waals surface area contributed by atoms with Gasteiger partial charge in [-0.1, -0.05) is 18.9 Å². The van der Waals surface area contributed by atoms with Gasteiger partial charge in [-0.15, -0.1) is 6.58 Å². The topological polar surface area (TPSA) is 133 Å². The number of carbonyl (C=O) groups excluding carboxylic acids is 4. The van der Waals surface area contributed by atoms with Gasteiger partial charge in [-0.05, 0) is 63.3 Å². The first-order valence-corrected chi connectivity index (χ1v) is 15.3. The molecule has 3 aliphatic rings. The standard InChI is InChI=1S/C32H45N3O9/c1-6-7-8-9-10-12-24(33-30(38)44-32(2,3)4)28(36)35-20-23(17-25(35)29(37)40-5)43-31(39)34-18-21-15-26-27(16-22(21)19-34)42-14-11-13-41-26/h6,15-16,23-25H,1,7-14,17-20H2,2-5H3,(H,33,38)/t23-,24+,25+/m1/s1. The molecule has 12 nitrogen and oxygen atoms in total. The van der Waals surface area contributed by atoms with Gasteiger partial charge in [0.05, 0.1) is 26.9 Å². The molecule has 1 fully saturated rings. The highest BCUT2D eigenvalue weighted by atomic mass is 16.6. The Morgan fingerprint density at radius 3 is 2.32 bits per heavy atom. The highest BCUT2D eigenvalue weighted by molar-refractivity contribution is 5.90. The van der Waals surface area contributed by atoms with Crippen LogP contribution < -0.4 is 14.8 Å². The lowest BCUT2D eigenvalue weighted by molar-refractivity contribution is -0.151. The van der Waals surface area contributed by atoms with E-state index in [0.29, 0.717) is 50.6 Å². The van der Waals surface area contributed by atoms with Crippen LogP contribution in [0.3, 0.4) is 0 Å². The summed E-state index contributed by atoms with van der Waals surface area (Å²) in [4.78, 5) is 55.4. The Kier molecular flexibility index (Phi) is 11.0. The molecule has 0 aliphatic carbocycles. The first kappa shape index (κ1) is 32.9. The molecule has 242 valence electrons. The second kappa shape index (κ2) is 14.7. The lowest BCUT2D eigenvalue weighted by atomic mass is 10.1. The average molecular weight is 616 g/mol. The van der Waals surface area contributed by atoms with Crippen LogP contribution in [-0.2, 0) is 36.9 Å². The maximum Gasteiger partial charge on any atom is 0.410 e. The molecule has 12 heteroatoms. The van der Waals surface area contributed by atoms with Gasteiger partial charge in [-0.25, -0.2) is 14.4 Å². The number of benzene rings is 1. The third kappa shape index (κ3) is 8.57. The second-order valence-electron chi connectivity index (χ2n) is 12.4. The summed E-state index contributed by atoms with van der Waals surface area (Å²) >= 11 is 0. The summed E-state index contributed by atoms with van der Waals surface area (Å²) in [7, 11) is 1.25. The van der Waals surface area contributed by atoms with Crippen molar-refractivity contribution in [3.63, 3.8) is 0 Å². The molecule has 0 saturated carbocycles. The molecule has 0 spiro atoms. The number of nitrogens with one attached hydrogen (secondary N) is 1. The van der Waals surface area contributed by atoms with Crippen molar-refractivity contribution in [1.82, 2.24) is 15.1 Å². The number of allylic oxidation sites excluding steroid dienone is 1. The minimum Gasteiger partial charge on any atom is -0.490 e. The number of methoxy groups -OCH3 is 1. The maximum absolute atomic E-state index is 13.8. The SMILES string of the molecule is C=CCCCCC[C@H](NC(=O)OC(C)(C)C)C(=O)N1C[C@H](OC(=O)N2Cc3cc4c(cc3C2)OCCCO4)C[C@H]1C(=O)OC. The molecule has 3 heterocycles. The summed E-state index contributed by atoms with van der Waals surface area (Å²) in [5.74, 6) is 0.257. The molecule has 4 rings (SSSR count). The van der Waals surface area contributed by atoms with Gasteiger partial charge in [0.15, 0.2) is 11.5 Å². The molecule has 0 unspecified atom stereocenters. The van der Waals surface area contributed by atoms with Crippen molar-refractivity contribution in [2.75, 3.05) is 26.9 Å². The molecule has 3 aliphatic heterocycles. The molecule has 0 bridgehead atoms. The normalized spacial score (nSPS) is 19.8.